The molecular formula is C16H34O2. The molecule has 0 atom stereocenters. The number of unbranched alkanes of at least 4 members (excludes halogenated alkanes) is 5. The van der Waals surface area contributed by atoms with Crippen molar-refractivity contribution in [2.45, 2.75) is 71.6 Å². The SMILES string of the molecule is CCCCCCC(CCCCC)(COC)COC. The van der Waals surface area contributed by atoms with E-state index in [-0.39, 0.29) is 5.41 Å². The molecule has 2 heteroatoms. The number of ether oxygens (including phenoxy) is 2. The molecule has 0 saturated carbocycles. The molecule has 0 bridgehead atoms. The van der Waals surface area contributed by atoms with Crippen LogP contribution >= 0.6 is 0 Å². The zero-order valence-corrected chi connectivity index (χ0v) is 13.1. The highest BCUT2D eigenvalue weighted by Gasteiger charge is 2.29. The van der Waals surface area contributed by atoms with Crippen molar-refractivity contribution in [3.8, 4) is 0 Å². The lowest BCUT2D eigenvalue weighted by atomic mass is 9.79. The highest BCUT2D eigenvalue weighted by Crippen LogP contribution is 2.32. The molecule has 0 aliphatic carbocycles. The van der Waals surface area contributed by atoms with E-state index in [0.717, 1.165) is 13.2 Å². The first-order valence-corrected chi connectivity index (χ1v) is 7.72. The summed E-state index contributed by atoms with van der Waals surface area (Å²) in [5.41, 5.74) is 0.256. The molecule has 0 aromatic heterocycles. The normalized spacial score (nSPS) is 12.0. The van der Waals surface area contributed by atoms with Gasteiger partial charge in [-0.3, -0.25) is 0 Å². The van der Waals surface area contributed by atoms with Crippen LogP contribution < -0.4 is 0 Å². The zero-order valence-electron chi connectivity index (χ0n) is 13.1. The minimum absolute atomic E-state index is 0.256. The second kappa shape index (κ2) is 12.0. The molecule has 110 valence electrons. The third-order valence-electron chi connectivity index (χ3n) is 3.77. The average Bonchev–Trinajstić information content (AvgIpc) is 2.36. The monoisotopic (exact) mass is 258 g/mol. The Labute approximate surface area is 114 Å². The molecular weight excluding hydrogens is 224 g/mol. The molecule has 2 nitrogen and oxygen atoms in total. The first kappa shape index (κ1) is 17.9. The Hall–Kier alpha value is -0.0800. The zero-order chi connectivity index (χ0) is 13.7. The van der Waals surface area contributed by atoms with Crippen molar-refractivity contribution in [1.29, 1.82) is 0 Å². The number of hydrogen-bond acceptors (Lipinski definition) is 2. The molecule has 0 amide bonds. The number of rotatable bonds is 13. The van der Waals surface area contributed by atoms with Crippen LogP contribution in [0.15, 0.2) is 0 Å². The topological polar surface area (TPSA) is 18.5 Å². The standard InChI is InChI=1S/C16H34O2/c1-5-7-9-11-13-16(14-17-3,15-18-4)12-10-8-6-2/h5-15H2,1-4H3. The van der Waals surface area contributed by atoms with Crippen LogP contribution in [0.4, 0.5) is 0 Å². The summed E-state index contributed by atoms with van der Waals surface area (Å²) in [7, 11) is 3.63. The predicted octanol–water partition coefficient (Wildman–Crippen LogP) is 4.82. The maximum Gasteiger partial charge on any atom is 0.0540 e. The number of hydrogen-bond donors (Lipinski definition) is 0. The van der Waals surface area contributed by atoms with E-state index in [1.807, 2.05) is 14.2 Å². The summed E-state index contributed by atoms with van der Waals surface area (Å²) in [6.45, 7) is 6.21. The molecule has 0 unspecified atom stereocenters. The highest BCUT2D eigenvalue weighted by molar-refractivity contribution is 4.79. The van der Waals surface area contributed by atoms with Crippen LogP contribution in [0.2, 0.25) is 0 Å². The van der Waals surface area contributed by atoms with Crippen LogP contribution in [0.1, 0.15) is 71.6 Å². The van der Waals surface area contributed by atoms with Crippen LogP contribution in [0.3, 0.4) is 0 Å². The van der Waals surface area contributed by atoms with Gasteiger partial charge in [-0.25, -0.2) is 0 Å². The second-order valence-corrected chi connectivity index (χ2v) is 5.63. The lowest BCUT2D eigenvalue weighted by Gasteiger charge is -2.33. The van der Waals surface area contributed by atoms with Gasteiger partial charge in [-0.2, -0.15) is 0 Å². The van der Waals surface area contributed by atoms with Gasteiger partial charge in [0.25, 0.3) is 0 Å². The summed E-state index contributed by atoms with van der Waals surface area (Å²) in [5.74, 6) is 0. The summed E-state index contributed by atoms with van der Waals surface area (Å²) < 4.78 is 10.9. The smallest absolute Gasteiger partial charge is 0.0540 e. The van der Waals surface area contributed by atoms with Crippen LogP contribution in [-0.4, -0.2) is 27.4 Å². The fourth-order valence-electron chi connectivity index (χ4n) is 2.74. The van der Waals surface area contributed by atoms with Crippen molar-refractivity contribution < 1.29 is 9.47 Å². The summed E-state index contributed by atoms with van der Waals surface area (Å²) in [4.78, 5) is 0. The van der Waals surface area contributed by atoms with Gasteiger partial charge in [0, 0.05) is 19.6 Å². The van der Waals surface area contributed by atoms with Crippen molar-refractivity contribution in [1.82, 2.24) is 0 Å². The predicted molar refractivity (Wildman–Crippen MR) is 79.1 cm³/mol. The molecule has 0 spiro atoms. The molecule has 0 rings (SSSR count). The minimum Gasteiger partial charge on any atom is -0.384 e. The second-order valence-electron chi connectivity index (χ2n) is 5.63. The molecule has 0 fully saturated rings. The van der Waals surface area contributed by atoms with E-state index in [1.54, 1.807) is 0 Å². The minimum atomic E-state index is 0.256. The highest BCUT2D eigenvalue weighted by atomic mass is 16.5. The largest absolute Gasteiger partial charge is 0.384 e. The van der Waals surface area contributed by atoms with Gasteiger partial charge in [-0.1, -0.05) is 58.8 Å². The van der Waals surface area contributed by atoms with E-state index in [0.29, 0.717) is 0 Å². The van der Waals surface area contributed by atoms with Gasteiger partial charge in [-0.05, 0) is 12.8 Å². The molecule has 18 heavy (non-hydrogen) atoms. The maximum atomic E-state index is 5.47. The summed E-state index contributed by atoms with van der Waals surface area (Å²) in [6, 6.07) is 0. The van der Waals surface area contributed by atoms with Crippen LogP contribution in [-0.2, 0) is 9.47 Å². The van der Waals surface area contributed by atoms with Gasteiger partial charge in [-0.15, -0.1) is 0 Å². The van der Waals surface area contributed by atoms with Gasteiger partial charge in [0.1, 0.15) is 0 Å². The molecule has 0 radical (unpaired) electrons. The fourth-order valence-corrected chi connectivity index (χ4v) is 2.74. The summed E-state index contributed by atoms with van der Waals surface area (Å²) >= 11 is 0. The molecule has 0 aromatic rings. The maximum absolute atomic E-state index is 5.47. The van der Waals surface area contributed by atoms with E-state index >= 15 is 0 Å². The summed E-state index contributed by atoms with van der Waals surface area (Å²) in [6.07, 6.45) is 11.7. The van der Waals surface area contributed by atoms with Gasteiger partial charge >= 0.3 is 0 Å². The van der Waals surface area contributed by atoms with Crippen LogP contribution in [0.5, 0.6) is 0 Å². The quantitative estimate of drug-likeness (QED) is 0.441. The van der Waals surface area contributed by atoms with E-state index in [4.69, 9.17) is 9.47 Å². The lowest BCUT2D eigenvalue weighted by molar-refractivity contribution is -0.00443. The van der Waals surface area contributed by atoms with Crippen molar-refractivity contribution >= 4 is 0 Å². The lowest BCUT2D eigenvalue weighted by Crippen LogP contribution is -2.32. The third kappa shape index (κ3) is 8.10. The van der Waals surface area contributed by atoms with Crippen molar-refractivity contribution in [2.24, 2.45) is 5.41 Å². The molecule has 0 saturated heterocycles. The Balaban J connectivity index is 4.23. The molecule has 0 aromatic carbocycles. The molecule has 0 heterocycles. The fraction of sp³-hybridized carbons (Fsp3) is 1.00. The van der Waals surface area contributed by atoms with Gasteiger partial charge in [0.05, 0.1) is 13.2 Å². The Morgan fingerprint density at radius 1 is 0.667 bits per heavy atom. The molecule has 0 aliphatic heterocycles. The van der Waals surface area contributed by atoms with Gasteiger partial charge < -0.3 is 9.47 Å². The first-order chi connectivity index (χ1) is 8.74. The van der Waals surface area contributed by atoms with E-state index in [1.165, 1.54) is 57.8 Å². The van der Waals surface area contributed by atoms with E-state index in [9.17, 15) is 0 Å². The molecule has 0 aliphatic rings. The van der Waals surface area contributed by atoms with Gasteiger partial charge in [0.2, 0.25) is 0 Å². The Kier molecular flexibility index (Phi) is 11.9. The first-order valence-electron chi connectivity index (χ1n) is 7.72. The van der Waals surface area contributed by atoms with Crippen molar-refractivity contribution in [2.75, 3.05) is 27.4 Å². The average molecular weight is 258 g/mol. The Bertz CT molecular complexity index is 162. The van der Waals surface area contributed by atoms with E-state index < -0.39 is 0 Å². The van der Waals surface area contributed by atoms with Crippen molar-refractivity contribution in [3.63, 3.8) is 0 Å². The van der Waals surface area contributed by atoms with Crippen molar-refractivity contribution in [3.05, 3.63) is 0 Å². The molecule has 0 N–H and O–H groups in total. The van der Waals surface area contributed by atoms with Gasteiger partial charge in [0.15, 0.2) is 0 Å². The Morgan fingerprint density at radius 3 is 1.56 bits per heavy atom. The summed E-state index contributed by atoms with van der Waals surface area (Å²) in [5, 5.41) is 0. The van der Waals surface area contributed by atoms with E-state index in [2.05, 4.69) is 13.8 Å². The van der Waals surface area contributed by atoms with Crippen LogP contribution in [0.25, 0.3) is 0 Å². The van der Waals surface area contributed by atoms with Crippen LogP contribution in [0, 0.1) is 5.41 Å². The number of methoxy groups -OCH3 is 2. The Morgan fingerprint density at radius 2 is 1.11 bits per heavy atom. The third-order valence-corrected chi connectivity index (χ3v) is 3.77.